The number of nitrogens with zero attached hydrogens (tertiary/aromatic N) is 1. The van der Waals surface area contributed by atoms with Gasteiger partial charge in [0.15, 0.2) is 0 Å². The van der Waals surface area contributed by atoms with Gasteiger partial charge in [0.1, 0.15) is 23.8 Å². The molecule has 1 aromatic rings. The van der Waals surface area contributed by atoms with Crippen molar-refractivity contribution in [2.75, 3.05) is 26.8 Å². The van der Waals surface area contributed by atoms with Crippen LogP contribution >= 0.6 is 22.6 Å². The maximum Gasteiger partial charge on any atom is 0.410 e. The molecular weight excluding hydrogens is 468 g/mol. The number of esters is 1. The van der Waals surface area contributed by atoms with Crippen molar-refractivity contribution in [3.05, 3.63) is 38.7 Å². The molecule has 0 radical (unpaired) electrons. The summed E-state index contributed by atoms with van der Waals surface area (Å²) in [6.07, 6.45) is 2.23. The van der Waals surface area contributed by atoms with Crippen molar-refractivity contribution in [1.82, 2.24) is 4.90 Å². The molecule has 0 saturated heterocycles. The quantitative estimate of drug-likeness (QED) is 0.360. The van der Waals surface area contributed by atoms with Gasteiger partial charge in [0.2, 0.25) is 0 Å². The third-order valence-corrected chi connectivity index (χ3v) is 4.64. The molecule has 1 aliphatic rings. The lowest BCUT2D eigenvalue weighted by Gasteiger charge is -2.29. The van der Waals surface area contributed by atoms with Crippen LogP contribution < -0.4 is 4.74 Å². The Morgan fingerprint density at radius 1 is 1.30 bits per heavy atom. The highest BCUT2D eigenvalue weighted by molar-refractivity contribution is 14.1. The maximum absolute atomic E-state index is 14.1. The highest BCUT2D eigenvalue weighted by Gasteiger charge is 2.24. The van der Waals surface area contributed by atoms with Crippen molar-refractivity contribution in [2.24, 2.45) is 0 Å². The fraction of sp³-hybridized carbons (Fsp3) is 0.474. The van der Waals surface area contributed by atoms with Crippen LogP contribution in [0.5, 0.6) is 5.75 Å². The van der Waals surface area contributed by atoms with Crippen molar-refractivity contribution < 1.29 is 28.2 Å². The summed E-state index contributed by atoms with van der Waals surface area (Å²) in [6.45, 7) is 6.76. The van der Waals surface area contributed by atoms with Gasteiger partial charge in [-0.1, -0.05) is 6.08 Å². The number of hydrogen-bond donors (Lipinski definition) is 0. The zero-order chi connectivity index (χ0) is 20.2. The summed E-state index contributed by atoms with van der Waals surface area (Å²) in [5.41, 5.74) is 0.364. The Kier molecular flexibility index (Phi) is 7.07. The van der Waals surface area contributed by atoms with Gasteiger partial charge in [-0.15, -0.1) is 0 Å². The van der Waals surface area contributed by atoms with Gasteiger partial charge >= 0.3 is 12.1 Å². The van der Waals surface area contributed by atoms with E-state index in [9.17, 15) is 14.0 Å². The lowest BCUT2D eigenvalue weighted by molar-refractivity contribution is 0.0263. The molecule has 6 nitrogen and oxygen atoms in total. The Balaban J connectivity index is 1.95. The minimum Gasteiger partial charge on any atom is -0.488 e. The van der Waals surface area contributed by atoms with E-state index in [-0.39, 0.29) is 18.3 Å². The second kappa shape index (κ2) is 8.90. The third kappa shape index (κ3) is 6.08. The number of halogens is 2. The molecule has 1 amide bonds. The monoisotopic (exact) mass is 491 g/mol. The summed E-state index contributed by atoms with van der Waals surface area (Å²) in [6, 6.07) is 2.58. The van der Waals surface area contributed by atoms with Gasteiger partial charge in [0.05, 0.1) is 16.2 Å². The average molecular weight is 491 g/mol. The Hall–Kier alpha value is -1.84. The molecular formula is C19H23FINO5. The highest BCUT2D eigenvalue weighted by atomic mass is 127. The van der Waals surface area contributed by atoms with E-state index in [1.807, 2.05) is 49.4 Å². The molecule has 0 fully saturated rings. The van der Waals surface area contributed by atoms with E-state index in [0.717, 1.165) is 5.57 Å². The van der Waals surface area contributed by atoms with E-state index < -0.39 is 17.4 Å². The van der Waals surface area contributed by atoms with Gasteiger partial charge < -0.3 is 19.1 Å². The molecule has 2 rings (SSSR count). The van der Waals surface area contributed by atoms with Crippen LogP contribution in [0.4, 0.5) is 9.18 Å². The molecule has 8 heteroatoms. The topological polar surface area (TPSA) is 65.1 Å². The van der Waals surface area contributed by atoms with Gasteiger partial charge in [-0.3, -0.25) is 0 Å². The highest BCUT2D eigenvalue weighted by Crippen LogP contribution is 2.26. The second-order valence-electron chi connectivity index (χ2n) is 7.08. The van der Waals surface area contributed by atoms with Gasteiger partial charge in [-0.2, -0.15) is 0 Å². The molecule has 1 heterocycles. The first-order chi connectivity index (χ1) is 12.6. The maximum atomic E-state index is 14.1. The van der Waals surface area contributed by atoms with E-state index in [1.54, 1.807) is 4.90 Å². The zero-order valence-corrected chi connectivity index (χ0v) is 18.0. The summed E-state index contributed by atoms with van der Waals surface area (Å²) in [7, 11) is 1.20. The van der Waals surface area contributed by atoms with Gasteiger partial charge in [-0.25, -0.2) is 14.0 Å². The van der Waals surface area contributed by atoms with Crippen molar-refractivity contribution in [3.63, 3.8) is 0 Å². The third-order valence-electron chi connectivity index (χ3n) is 3.79. The molecule has 0 saturated carbocycles. The van der Waals surface area contributed by atoms with E-state index >= 15 is 0 Å². The van der Waals surface area contributed by atoms with Crippen LogP contribution in [0.2, 0.25) is 0 Å². The Bertz CT molecular complexity index is 757. The first-order valence-electron chi connectivity index (χ1n) is 8.46. The molecule has 0 spiro atoms. The Morgan fingerprint density at radius 3 is 2.56 bits per heavy atom. The van der Waals surface area contributed by atoms with Crippen molar-refractivity contribution in [1.29, 1.82) is 0 Å². The van der Waals surface area contributed by atoms with Crippen LogP contribution in [0.25, 0.3) is 0 Å². The standard InChI is InChI=1S/C19H23FINO5/c1-19(2,3)27-18(24)22-7-5-12(6-8-22)11-26-16-10-14(20)13(9-15(16)21)17(23)25-4/h5,9-10H,6-8,11H2,1-4H3. The smallest absolute Gasteiger partial charge is 0.410 e. The molecule has 0 bridgehead atoms. The molecule has 0 N–H and O–H groups in total. The van der Waals surface area contributed by atoms with E-state index in [4.69, 9.17) is 9.47 Å². The molecule has 0 atom stereocenters. The first-order valence-corrected chi connectivity index (χ1v) is 9.54. The normalized spacial score (nSPS) is 14.4. The van der Waals surface area contributed by atoms with Crippen molar-refractivity contribution in [3.8, 4) is 5.75 Å². The second-order valence-corrected chi connectivity index (χ2v) is 8.24. The Morgan fingerprint density at radius 2 is 2.00 bits per heavy atom. The molecule has 1 aromatic carbocycles. The van der Waals surface area contributed by atoms with Gasteiger partial charge in [0, 0.05) is 19.2 Å². The number of methoxy groups -OCH3 is 1. The summed E-state index contributed by atoms with van der Waals surface area (Å²) >= 11 is 1.98. The average Bonchev–Trinajstić information content (AvgIpc) is 2.60. The summed E-state index contributed by atoms with van der Waals surface area (Å²) < 4.78 is 30.3. The predicted molar refractivity (Wildman–Crippen MR) is 106 cm³/mol. The molecule has 27 heavy (non-hydrogen) atoms. The first kappa shape index (κ1) is 21.5. The van der Waals surface area contributed by atoms with Gasteiger partial charge in [0.25, 0.3) is 0 Å². The van der Waals surface area contributed by atoms with E-state index in [0.29, 0.717) is 28.8 Å². The van der Waals surface area contributed by atoms with Crippen LogP contribution in [0.1, 0.15) is 37.6 Å². The molecule has 0 aromatic heterocycles. The number of ether oxygens (including phenoxy) is 3. The van der Waals surface area contributed by atoms with Crippen LogP contribution in [-0.4, -0.2) is 49.4 Å². The fourth-order valence-electron chi connectivity index (χ4n) is 2.41. The largest absolute Gasteiger partial charge is 0.488 e. The predicted octanol–water partition coefficient (Wildman–Crippen LogP) is 4.16. The van der Waals surface area contributed by atoms with Crippen molar-refractivity contribution >= 4 is 34.7 Å². The molecule has 0 aliphatic carbocycles. The van der Waals surface area contributed by atoms with E-state index in [1.165, 1.54) is 19.2 Å². The number of hydrogen-bond acceptors (Lipinski definition) is 5. The lowest BCUT2D eigenvalue weighted by Crippen LogP contribution is -2.39. The number of rotatable bonds is 4. The summed E-state index contributed by atoms with van der Waals surface area (Å²) in [5.74, 6) is -1.06. The molecule has 1 aliphatic heterocycles. The van der Waals surface area contributed by atoms with Crippen LogP contribution in [-0.2, 0) is 9.47 Å². The number of carbonyl (C=O) groups excluding carboxylic acids is 2. The lowest BCUT2D eigenvalue weighted by atomic mass is 10.1. The zero-order valence-electron chi connectivity index (χ0n) is 15.8. The fourth-order valence-corrected chi connectivity index (χ4v) is 3.03. The SMILES string of the molecule is COC(=O)c1cc(I)c(OCC2=CCN(C(=O)OC(C)(C)C)CC2)cc1F. The van der Waals surface area contributed by atoms with Gasteiger partial charge in [-0.05, 0) is 61.4 Å². The van der Waals surface area contributed by atoms with Crippen molar-refractivity contribution in [2.45, 2.75) is 32.8 Å². The van der Waals surface area contributed by atoms with E-state index in [2.05, 4.69) is 4.74 Å². The number of benzene rings is 1. The van der Waals surface area contributed by atoms with Crippen LogP contribution in [0.3, 0.4) is 0 Å². The van der Waals surface area contributed by atoms with Crippen LogP contribution in [0.15, 0.2) is 23.8 Å². The summed E-state index contributed by atoms with van der Waals surface area (Å²) in [5, 5.41) is 0. The minimum absolute atomic E-state index is 0.126. The Labute approximate surface area is 171 Å². The molecule has 148 valence electrons. The summed E-state index contributed by atoms with van der Waals surface area (Å²) in [4.78, 5) is 25.2. The molecule has 0 unspecified atom stereocenters. The minimum atomic E-state index is -0.728. The number of carbonyl (C=O) groups is 2. The van der Waals surface area contributed by atoms with Crippen LogP contribution in [0, 0.1) is 9.39 Å². The number of amides is 1.